The fraction of sp³-hybridized carbons (Fsp3) is 0.935. The van der Waals surface area contributed by atoms with Crippen LogP contribution in [0.25, 0.3) is 0 Å². The molecule has 1 amide bonds. The van der Waals surface area contributed by atoms with Gasteiger partial charge in [0.15, 0.2) is 6.10 Å². The molecule has 13 nitrogen and oxygen atoms in total. The number of ether oxygens (including phenoxy) is 4. The predicted octanol–water partition coefficient (Wildman–Crippen LogP) is 13.3. The van der Waals surface area contributed by atoms with Gasteiger partial charge in [-0.05, 0) is 12.8 Å². The van der Waals surface area contributed by atoms with Crippen LogP contribution in [0.5, 0.6) is 0 Å². The van der Waals surface area contributed by atoms with Crippen LogP contribution in [0.4, 0.5) is 4.79 Å². The zero-order valence-corrected chi connectivity index (χ0v) is 39.0. The molecule has 360 valence electrons. The lowest BCUT2D eigenvalue weighted by Crippen LogP contribution is -2.30. The van der Waals surface area contributed by atoms with Gasteiger partial charge in [0.1, 0.15) is 13.2 Å². The van der Waals surface area contributed by atoms with E-state index in [0.717, 1.165) is 32.1 Å². The molecule has 0 aromatic rings. The molecule has 0 fully saturated rings. The van der Waals surface area contributed by atoms with Gasteiger partial charge in [0.05, 0.1) is 19.8 Å². The number of phosphoric ester groups is 1. The monoisotopic (exact) mass is 883 g/mol. The number of esters is 2. The summed E-state index contributed by atoms with van der Waals surface area (Å²) in [4.78, 5) is 47.0. The first-order valence-electron chi connectivity index (χ1n) is 23.6. The predicted molar refractivity (Wildman–Crippen MR) is 245 cm³/mol. The second kappa shape index (κ2) is 48.3. The molecule has 5 N–H and O–H groups in total. The highest BCUT2D eigenvalue weighted by atomic mass is 31.2. The summed E-state index contributed by atoms with van der Waals surface area (Å²) in [5, 5.41) is 2.38. The molecule has 0 saturated carbocycles. The van der Waals surface area contributed by atoms with Crippen LogP contribution in [0.1, 0.15) is 227 Å². The quantitative estimate of drug-likeness (QED) is 0.0227. The van der Waals surface area contributed by atoms with Crippen molar-refractivity contribution in [3.8, 4) is 0 Å². The van der Waals surface area contributed by atoms with E-state index in [0.29, 0.717) is 12.8 Å². The maximum Gasteiger partial charge on any atom is 0.472 e. The van der Waals surface area contributed by atoms with E-state index in [9.17, 15) is 23.8 Å². The molecule has 0 saturated heterocycles. The van der Waals surface area contributed by atoms with E-state index in [1.807, 2.05) is 0 Å². The minimum Gasteiger partial charge on any atom is -0.462 e. The second-order valence-corrected chi connectivity index (χ2v) is 17.3. The number of unbranched alkanes of at least 4 members (excludes halogenated alkanes) is 28. The molecule has 0 spiro atoms. The molecule has 0 heterocycles. The normalized spacial score (nSPS) is 12.5. The third kappa shape index (κ3) is 47.3. The molecule has 0 aliphatic heterocycles. The first-order valence-corrected chi connectivity index (χ1v) is 25.1. The first-order chi connectivity index (χ1) is 28.2. The van der Waals surface area contributed by atoms with Crippen LogP contribution < -0.4 is 11.5 Å². The Labute approximate surface area is 367 Å². The SMILES string of the molecule is C.CCCCCCCCCCCCCCCCCC(=O)OC[C@H](COP(=O)(O)OCCNC(=O)OCCOC)OC(=O)CCCCCCCCCCCCCCCCC.N. The smallest absolute Gasteiger partial charge is 0.462 e. The number of rotatable bonds is 45. The van der Waals surface area contributed by atoms with E-state index < -0.39 is 38.6 Å². The molecule has 0 bridgehead atoms. The molecule has 0 radical (unpaired) electrons. The van der Waals surface area contributed by atoms with Gasteiger partial charge >= 0.3 is 25.9 Å². The van der Waals surface area contributed by atoms with E-state index >= 15 is 0 Å². The van der Waals surface area contributed by atoms with Crippen molar-refractivity contribution < 1.29 is 51.8 Å². The highest BCUT2D eigenvalue weighted by Crippen LogP contribution is 2.43. The summed E-state index contributed by atoms with van der Waals surface area (Å²) < 4.78 is 43.1. The Bertz CT molecular complexity index is 992. The lowest BCUT2D eigenvalue weighted by molar-refractivity contribution is -0.161. The van der Waals surface area contributed by atoms with Crippen molar-refractivity contribution in [3.05, 3.63) is 0 Å². The zero-order valence-electron chi connectivity index (χ0n) is 38.1. The van der Waals surface area contributed by atoms with Gasteiger partial charge in [0.2, 0.25) is 0 Å². The molecule has 0 aromatic heterocycles. The Morgan fingerprint density at radius 3 is 1.30 bits per heavy atom. The van der Waals surface area contributed by atoms with Gasteiger partial charge in [-0.3, -0.25) is 18.6 Å². The van der Waals surface area contributed by atoms with Crippen molar-refractivity contribution in [2.45, 2.75) is 233 Å². The number of methoxy groups -OCH3 is 1. The Hall–Kier alpha value is -1.76. The van der Waals surface area contributed by atoms with Crippen molar-refractivity contribution in [1.82, 2.24) is 11.5 Å². The maximum atomic E-state index is 12.7. The topological polar surface area (TPSA) is 191 Å². The number of carbonyl (C=O) groups is 3. The van der Waals surface area contributed by atoms with Crippen LogP contribution in [-0.4, -0.2) is 75.7 Å². The molecule has 0 aliphatic rings. The van der Waals surface area contributed by atoms with E-state index in [4.69, 9.17) is 28.0 Å². The Balaban J connectivity index is -0.0000162. The third-order valence-electron chi connectivity index (χ3n) is 10.3. The minimum absolute atomic E-state index is 0. The van der Waals surface area contributed by atoms with Crippen LogP contribution in [0.2, 0.25) is 0 Å². The number of phosphoric acid groups is 1. The summed E-state index contributed by atoms with van der Waals surface area (Å²) in [6.45, 7) is 3.58. The molecular formula is C46H95N2O11P. The highest BCUT2D eigenvalue weighted by molar-refractivity contribution is 7.47. The fourth-order valence-electron chi connectivity index (χ4n) is 6.70. The van der Waals surface area contributed by atoms with Crippen LogP contribution in [0.15, 0.2) is 0 Å². The largest absolute Gasteiger partial charge is 0.472 e. The summed E-state index contributed by atoms with van der Waals surface area (Å²) in [5.41, 5.74) is 0. The number of carbonyl (C=O) groups excluding carboxylic acids is 3. The summed E-state index contributed by atoms with van der Waals surface area (Å²) in [6, 6.07) is 0. The lowest BCUT2D eigenvalue weighted by atomic mass is 10.0. The molecular weight excluding hydrogens is 787 g/mol. The molecule has 60 heavy (non-hydrogen) atoms. The average Bonchev–Trinajstić information content (AvgIpc) is 3.20. The lowest BCUT2D eigenvalue weighted by Gasteiger charge is -2.20. The average molecular weight is 883 g/mol. The van der Waals surface area contributed by atoms with Crippen LogP contribution in [0.3, 0.4) is 0 Å². The maximum absolute atomic E-state index is 12.7. The standard InChI is InChI=1S/C45H88NO11P.CH4.H3N/c1-4-6-8-10-12-14-16-18-20-22-24-26-28-30-32-34-43(47)54-40-42(41-56-58(50,51)55-37-36-46-45(49)53-39-38-52-3)57-44(48)35-33-31-29-27-25-23-21-19-17-15-13-11-9-7-5-2;;/h42H,4-41H2,1-3H3,(H,46,49)(H,50,51);1H4;1H3/t42-;;/m1../s1. The number of nitrogens with one attached hydrogen (secondary N) is 1. The van der Waals surface area contributed by atoms with E-state index in [-0.39, 0.29) is 59.4 Å². The van der Waals surface area contributed by atoms with Crippen molar-refractivity contribution >= 4 is 25.9 Å². The van der Waals surface area contributed by atoms with Gasteiger partial charge in [0.25, 0.3) is 0 Å². The Kier molecular flexibility index (Phi) is 50.3. The van der Waals surface area contributed by atoms with Gasteiger partial charge < -0.3 is 35.3 Å². The van der Waals surface area contributed by atoms with Gasteiger partial charge in [-0.2, -0.15) is 0 Å². The summed E-state index contributed by atoms with van der Waals surface area (Å²) >= 11 is 0. The molecule has 0 aliphatic carbocycles. The van der Waals surface area contributed by atoms with Crippen LogP contribution in [0, 0.1) is 0 Å². The van der Waals surface area contributed by atoms with Gasteiger partial charge in [-0.25, -0.2) is 9.36 Å². The second-order valence-electron chi connectivity index (χ2n) is 15.8. The number of hydrogen-bond acceptors (Lipinski definition) is 11. The van der Waals surface area contributed by atoms with Crippen LogP contribution >= 0.6 is 7.82 Å². The third-order valence-corrected chi connectivity index (χ3v) is 11.3. The van der Waals surface area contributed by atoms with E-state index in [1.165, 1.54) is 155 Å². The van der Waals surface area contributed by atoms with Gasteiger partial charge in [0, 0.05) is 26.5 Å². The Morgan fingerprint density at radius 1 is 0.517 bits per heavy atom. The molecule has 0 aromatic carbocycles. The van der Waals surface area contributed by atoms with E-state index in [2.05, 4.69) is 19.2 Å². The molecule has 0 rings (SSSR count). The van der Waals surface area contributed by atoms with E-state index in [1.54, 1.807) is 0 Å². The van der Waals surface area contributed by atoms with Gasteiger partial charge in [-0.1, -0.05) is 201 Å². The van der Waals surface area contributed by atoms with Crippen molar-refractivity contribution in [2.24, 2.45) is 0 Å². The molecule has 1 unspecified atom stereocenters. The summed E-state index contributed by atoms with van der Waals surface area (Å²) in [5.74, 6) is -0.892. The zero-order chi connectivity index (χ0) is 42.6. The first kappa shape index (κ1) is 62.5. The fourth-order valence-corrected chi connectivity index (χ4v) is 7.45. The van der Waals surface area contributed by atoms with Crippen molar-refractivity contribution in [3.63, 3.8) is 0 Å². The van der Waals surface area contributed by atoms with Crippen molar-refractivity contribution in [2.75, 3.05) is 46.7 Å². The summed E-state index contributed by atoms with van der Waals surface area (Å²) in [7, 11) is -3.09. The van der Waals surface area contributed by atoms with Crippen LogP contribution in [-0.2, 0) is 42.1 Å². The molecule has 2 atom stereocenters. The number of amides is 1. The van der Waals surface area contributed by atoms with Gasteiger partial charge in [-0.15, -0.1) is 0 Å². The Morgan fingerprint density at radius 2 is 0.900 bits per heavy atom. The molecule has 14 heteroatoms. The van der Waals surface area contributed by atoms with Crippen molar-refractivity contribution in [1.29, 1.82) is 0 Å². The summed E-state index contributed by atoms with van der Waals surface area (Å²) in [6.07, 6.45) is 35.5. The highest BCUT2D eigenvalue weighted by Gasteiger charge is 2.26. The minimum atomic E-state index is -4.57. The number of hydrogen-bond donors (Lipinski definition) is 3. The number of alkyl carbamates (subject to hydrolysis) is 1.